The Morgan fingerprint density at radius 3 is 2.62 bits per heavy atom. The van der Waals surface area contributed by atoms with Crippen molar-refractivity contribution >= 4 is 5.97 Å². The monoisotopic (exact) mass is 296 g/mol. The molecule has 0 radical (unpaired) electrons. The van der Waals surface area contributed by atoms with Gasteiger partial charge in [-0.3, -0.25) is 15.0 Å². The van der Waals surface area contributed by atoms with Crippen LogP contribution in [0, 0.1) is 5.92 Å². The summed E-state index contributed by atoms with van der Waals surface area (Å²) in [6.07, 6.45) is 6.21. The molecule has 0 aromatic carbocycles. The molecule has 0 aromatic rings. The van der Waals surface area contributed by atoms with Crippen LogP contribution in [0.5, 0.6) is 0 Å². The topological polar surface area (TPSA) is 52.6 Å². The van der Waals surface area contributed by atoms with Crippen LogP contribution in [-0.4, -0.2) is 46.2 Å². The van der Waals surface area contributed by atoms with Gasteiger partial charge in [-0.2, -0.15) is 0 Å². The Hall–Kier alpha value is -0.610. The molecule has 2 fully saturated rings. The second kappa shape index (κ2) is 6.66. The van der Waals surface area contributed by atoms with Crippen LogP contribution in [-0.2, 0) is 4.79 Å². The minimum Gasteiger partial charge on any atom is -0.480 e. The van der Waals surface area contributed by atoms with Gasteiger partial charge >= 0.3 is 5.97 Å². The van der Waals surface area contributed by atoms with Gasteiger partial charge in [0.25, 0.3) is 0 Å². The molecule has 4 unspecified atom stereocenters. The van der Waals surface area contributed by atoms with Crippen molar-refractivity contribution in [1.29, 1.82) is 0 Å². The molecule has 1 saturated heterocycles. The first-order valence-corrected chi connectivity index (χ1v) is 8.61. The summed E-state index contributed by atoms with van der Waals surface area (Å²) in [4.78, 5) is 14.5. The van der Waals surface area contributed by atoms with Gasteiger partial charge in [-0.15, -0.1) is 0 Å². The van der Waals surface area contributed by atoms with Crippen LogP contribution in [0.2, 0.25) is 0 Å². The lowest BCUT2D eigenvalue weighted by atomic mass is 9.76. The van der Waals surface area contributed by atoms with Gasteiger partial charge in [-0.25, -0.2) is 0 Å². The highest BCUT2D eigenvalue weighted by Gasteiger charge is 2.45. The molecule has 2 rings (SSSR count). The summed E-state index contributed by atoms with van der Waals surface area (Å²) in [6, 6.07) is 1.21. The third-order valence-electron chi connectivity index (χ3n) is 5.33. The lowest BCUT2D eigenvalue weighted by Gasteiger charge is -2.48. The van der Waals surface area contributed by atoms with E-state index in [-0.39, 0.29) is 6.04 Å². The van der Waals surface area contributed by atoms with Gasteiger partial charge in [0.05, 0.1) is 0 Å². The summed E-state index contributed by atoms with van der Waals surface area (Å²) in [5.41, 5.74) is -0.725. The van der Waals surface area contributed by atoms with Gasteiger partial charge in [0.1, 0.15) is 5.54 Å². The molecule has 1 saturated carbocycles. The molecular formula is C17H32N2O2. The third kappa shape index (κ3) is 3.78. The highest BCUT2D eigenvalue weighted by Crippen LogP contribution is 2.35. The number of carboxylic acids is 1. The number of aliphatic carboxylic acids is 1. The molecule has 21 heavy (non-hydrogen) atoms. The van der Waals surface area contributed by atoms with E-state index in [1.165, 1.54) is 12.8 Å². The van der Waals surface area contributed by atoms with Crippen LogP contribution in [0.15, 0.2) is 0 Å². The second-order valence-corrected chi connectivity index (χ2v) is 7.66. The highest BCUT2D eigenvalue weighted by atomic mass is 16.4. The molecule has 122 valence electrons. The number of hydrogen-bond acceptors (Lipinski definition) is 3. The van der Waals surface area contributed by atoms with Crippen molar-refractivity contribution in [3.05, 3.63) is 0 Å². The molecule has 2 aliphatic rings. The van der Waals surface area contributed by atoms with Crippen molar-refractivity contribution in [2.45, 2.75) is 89.9 Å². The van der Waals surface area contributed by atoms with Crippen LogP contribution < -0.4 is 5.32 Å². The summed E-state index contributed by atoms with van der Waals surface area (Å²) in [5, 5.41) is 13.2. The Bertz CT molecular complexity index is 372. The Morgan fingerprint density at radius 1 is 1.29 bits per heavy atom. The molecule has 0 bridgehead atoms. The molecule has 4 atom stereocenters. The minimum absolute atomic E-state index is 0.206. The second-order valence-electron chi connectivity index (χ2n) is 7.66. The predicted molar refractivity (Wildman–Crippen MR) is 85.5 cm³/mol. The molecule has 0 spiro atoms. The summed E-state index contributed by atoms with van der Waals surface area (Å²) in [7, 11) is 0. The van der Waals surface area contributed by atoms with Gasteiger partial charge in [-0.05, 0) is 65.2 Å². The Kier molecular flexibility index (Phi) is 5.31. The standard InChI is InChI=1S/C17H32N2O2/c1-12(2)18-17(16(20)21)9-5-6-15(10-17)19-11-13(3)7-8-14(19)4/h12-15,18H,5-11H2,1-4H3,(H,20,21). The molecule has 1 aliphatic heterocycles. The maximum Gasteiger partial charge on any atom is 0.323 e. The predicted octanol–water partition coefficient (Wildman–Crippen LogP) is 2.87. The van der Waals surface area contributed by atoms with Gasteiger partial charge < -0.3 is 5.11 Å². The van der Waals surface area contributed by atoms with Crippen molar-refractivity contribution < 1.29 is 9.90 Å². The van der Waals surface area contributed by atoms with Crippen LogP contribution >= 0.6 is 0 Å². The first kappa shape index (κ1) is 16.8. The summed E-state index contributed by atoms with van der Waals surface area (Å²) in [6.45, 7) is 9.83. The Labute approximate surface area is 129 Å². The van der Waals surface area contributed by atoms with Gasteiger partial charge in [0, 0.05) is 24.7 Å². The van der Waals surface area contributed by atoms with E-state index in [9.17, 15) is 9.90 Å². The Balaban J connectivity index is 2.12. The number of nitrogens with one attached hydrogen (secondary N) is 1. The van der Waals surface area contributed by atoms with Crippen molar-refractivity contribution in [1.82, 2.24) is 10.2 Å². The SMILES string of the molecule is CC1CCC(C)N(C2CCCC(NC(C)C)(C(=O)O)C2)C1. The fourth-order valence-corrected chi connectivity index (χ4v) is 4.30. The number of rotatable bonds is 4. The molecule has 4 nitrogen and oxygen atoms in total. The van der Waals surface area contributed by atoms with E-state index in [1.54, 1.807) is 0 Å². The maximum absolute atomic E-state index is 11.9. The van der Waals surface area contributed by atoms with Crippen molar-refractivity contribution in [2.75, 3.05) is 6.54 Å². The van der Waals surface area contributed by atoms with Crippen LogP contribution in [0.1, 0.15) is 66.2 Å². The summed E-state index contributed by atoms with van der Waals surface area (Å²) < 4.78 is 0. The molecule has 2 N–H and O–H groups in total. The smallest absolute Gasteiger partial charge is 0.323 e. The van der Waals surface area contributed by atoms with Crippen LogP contribution in [0.3, 0.4) is 0 Å². The third-order valence-corrected chi connectivity index (χ3v) is 5.33. The zero-order valence-electron chi connectivity index (χ0n) is 14.1. The number of likely N-dealkylation sites (tertiary alicyclic amines) is 1. The lowest BCUT2D eigenvalue weighted by Crippen LogP contribution is -2.61. The van der Waals surface area contributed by atoms with E-state index in [0.717, 1.165) is 38.1 Å². The first-order valence-electron chi connectivity index (χ1n) is 8.61. The van der Waals surface area contributed by atoms with Gasteiger partial charge in [-0.1, -0.05) is 6.92 Å². The van der Waals surface area contributed by atoms with Crippen molar-refractivity contribution in [2.24, 2.45) is 5.92 Å². The van der Waals surface area contributed by atoms with E-state index in [1.807, 2.05) is 13.8 Å². The largest absolute Gasteiger partial charge is 0.480 e. The lowest BCUT2D eigenvalue weighted by molar-refractivity contribution is -0.148. The maximum atomic E-state index is 11.9. The van der Waals surface area contributed by atoms with E-state index < -0.39 is 11.5 Å². The average molecular weight is 296 g/mol. The van der Waals surface area contributed by atoms with Gasteiger partial charge in [0.2, 0.25) is 0 Å². The van der Waals surface area contributed by atoms with Gasteiger partial charge in [0.15, 0.2) is 0 Å². The van der Waals surface area contributed by atoms with Crippen LogP contribution in [0.4, 0.5) is 0 Å². The van der Waals surface area contributed by atoms with Crippen molar-refractivity contribution in [3.63, 3.8) is 0 Å². The van der Waals surface area contributed by atoms with E-state index >= 15 is 0 Å². The molecule has 1 heterocycles. The first-order chi connectivity index (χ1) is 9.84. The zero-order chi connectivity index (χ0) is 15.6. The molecular weight excluding hydrogens is 264 g/mol. The quantitative estimate of drug-likeness (QED) is 0.837. The van der Waals surface area contributed by atoms with E-state index in [4.69, 9.17) is 0 Å². The number of carbonyl (C=O) groups is 1. The zero-order valence-corrected chi connectivity index (χ0v) is 14.1. The fraction of sp³-hybridized carbons (Fsp3) is 0.941. The normalized spacial score (nSPS) is 38.6. The Morgan fingerprint density at radius 2 is 2.00 bits per heavy atom. The van der Waals surface area contributed by atoms with Crippen molar-refractivity contribution in [3.8, 4) is 0 Å². The number of nitrogens with zero attached hydrogens (tertiary/aromatic N) is 1. The van der Waals surface area contributed by atoms with E-state index in [2.05, 4.69) is 24.1 Å². The number of carboxylic acid groups (broad SMARTS) is 1. The van der Waals surface area contributed by atoms with Crippen LogP contribution in [0.25, 0.3) is 0 Å². The molecule has 4 heteroatoms. The van der Waals surface area contributed by atoms with E-state index in [0.29, 0.717) is 12.1 Å². The average Bonchev–Trinajstić information content (AvgIpc) is 2.41. The molecule has 0 amide bonds. The molecule has 0 aromatic heterocycles. The fourth-order valence-electron chi connectivity index (χ4n) is 4.30. The number of piperidine rings is 1. The summed E-state index contributed by atoms with van der Waals surface area (Å²) >= 11 is 0. The number of hydrogen-bond donors (Lipinski definition) is 2. The minimum atomic E-state index is -0.725. The molecule has 1 aliphatic carbocycles. The highest BCUT2D eigenvalue weighted by molar-refractivity contribution is 5.79. The summed E-state index contributed by atoms with van der Waals surface area (Å²) in [5.74, 6) is 0.0685.